The Labute approximate surface area is 150 Å². The first-order valence-corrected chi connectivity index (χ1v) is 9.83. The second-order valence-corrected chi connectivity index (χ2v) is 8.40. The van der Waals surface area contributed by atoms with Gasteiger partial charge in [0.1, 0.15) is 10.7 Å². The van der Waals surface area contributed by atoms with Gasteiger partial charge in [0.25, 0.3) is 15.9 Å². The third-order valence-electron chi connectivity index (χ3n) is 3.79. The molecule has 0 aliphatic carbocycles. The highest BCUT2D eigenvalue weighted by Crippen LogP contribution is 2.36. The molecule has 3 aromatic rings. The van der Waals surface area contributed by atoms with Gasteiger partial charge in [0.05, 0.1) is 0 Å². The van der Waals surface area contributed by atoms with Gasteiger partial charge in [-0.05, 0) is 31.5 Å². The molecule has 1 aromatic carbocycles. The number of nitrogens with one attached hydrogen (secondary N) is 2. The van der Waals surface area contributed by atoms with Gasteiger partial charge in [0, 0.05) is 33.8 Å². The summed E-state index contributed by atoms with van der Waals surface area (Å²) in [5.41, 5.74) is 1.37. The molecule has 8 heteroatoms. The van der Waals surface area contributed by atoms with Crippen LogP contribution in [-0.4, -0.2) is 26.4 Å². The summed E-state index contributed by atoms with van der Waals surface area (Å²) in [7, 11) is -2.32. The summed E-state index contributed by atoms with van der Waals surface area (Å²) in [6.07, 6.45) is 1.39. The standard InChI is InChI=1S/C17H17N3O3S2/c1-10-5-4-6-13-15(10)24-11(2)16(13)25(22,23)20-14-9-12(7-8-19-14)17(21)18-3/h4-9H,1-3H3,(H,18,21)(H,19,20). The molecule has 6 nitrogen and oxygen atoms in total. The van der Waals surface area contributed by atoms with Gasteiger partial charge in [-0.2, -0.15) is 0 Å². The number of rotatable bonds is 4. The van der Waals surface area contributed by atoms with Crippen molar-refractivity contribution in [3.63, 3.8) is 0 Å². The molecule has 2 aromatic heterocycles. The third-order valence-corrected chi connectivity index (χ3v) is 6.72. The largest absolute Gasteiger partial charge is 0.355 e. The van der Waals surface area contributed by atoms with E-state index in [-0.39, 0.29) is 16.6 Å². The molecule has 0 aliphatic heterocycles. The highest BCUT2D eigenvalue weighted by molar-refractivity contribution is 7.93. The molecule has 2 heterocycles. The average molecular weight is 375 g/mol. The maximum atomic E-state index is 12.9. The smallest absolute Gasteiger partial charge is 0.264 e. The minimum Gasteiger partial charge on any atom is -0.355 e. The lowest BCUT2D eigenvalue weighted by Crippen LogP contribution is -2.19. The van der Waals surface area contributed by atoms with Crippen LogP contribution in [0.1, 0.15) is 20.8 Å². The Morgan fingerprint density at radius 1 is 1.20 bits per heavy atom. The highest BCUT2D eigenvalue weighted by Gasteiger charge is 2.24. The van der Waals surface area contributed by atoms with Gasteiger partial charge < -0.3 is 5.32 Å². The molecule has 0 radical (unpaired) electrons. The molecular weight excluding hydrogens is 358 g/mol. The molecule has 0 atom stereocenters. The van der Waals surface area contributed by atoms with Gasteiger partial charge in [-0.3, -0.25) is 9.52 Å². The lowest BCUT2D eigenvalue weighted by Gasteiger charge is -2.09. The first-order chi connectivity index (χ1) is 11.8. The zero-order valence-electron chi connectivity index (χ0n) is 14.0. The second kappa shape index (κ2) is 6.45. The van der Waals surface area contributed by atoms with E-state index in [1.54, 1.807) is 13.0 Å². The van der Waals surface area contributed by atoms with E-state index in [9.17, 15) is 13.2 Å². The molecule has 0 bridgehead atoms. The maximum absolute atomic E-state index is 12.9. The Morgan fingerprint density at radius 3 is 2.68 bits per heavy atom. The zero-order chi connectivity index (χ0) is 18.2. The molecule has 0 saturated heterocycles. The monoisotopic (exact) mass is 375 g/mol. The fourth-order valence-corrected chi connectivity index (χ4v) is 5.51. The van der Waals surface area contributed by atoms with Gasteiger partial charge in [-0.25, -0.2) is 13.4 Å². The third kappa shape index (κ3) is 3.22. The minimum absolute atomic E-state index is 0.104. The van der Waals surface area contributed by atoms with E-state index in [0.29, 0.717) is 15.8 Å². The molecule has 0 unspecified atom stereocenters. The number of carbonyl (C=O) groups is 1. The van der Waals surface area contributed by atoms with Crippen LogP contribution in [0.15, 0.2) is 41.4 Å². The summed E-state index contributed by atoms with van der Waals surface area (Å²) < 4.78 is 29.3. The van der Waals surface area contributed by atoms with Crippen LogP contribution in [0.4, 0.5) is 5.82 Å². The molecule has 25 heavy (non-hydrogen) atoms. The summed E-state index contributed by atoms with van der Waals surface area (Å²) in [5.74, 6) is -0.205. The Balaban J connectivity index is 2.05. The predicted molar refractivity (Wildman–Crippen MR) is 99.7 cm³/mol. The molecule has 130 valence electrons. The van der Waals surface area contributed by atoms with Crippen LogP contribution in [0.3, 0.4) is 0 Å². The van der Waals surface area contributed by atoms with Crippen molar-refractivity contribution in [2.24, 2.45) is 0 Å². The van der Waals surface area contributed by atoms with Crippen molar-refractivity contribution in [1.82, 2.24) is 10.3 Å². The van der Waals surface area contributed by atoms with E-state index in [2.05, 4.69) is 15.0 Å². The van der Waals surface area contributed by atoms with Crippen molar-refractivity contribution < 1.29 is 13.2 Å². The summed E-state index contributed by atoms with van der Waals surface area (Å²) in [6, 6.07) is 8.52. The van der Waals surface area contributed by atoms with Crippen molar-refractivity contribution in [3.05, 3.63) is 52.5 Å². The van der Waals surface area contributed by atoms with Crippen molar-refractivity contribution in [3.8, 4) is 0 Å². The number of aromatic nitrogens is 1. The van der Waals surface area contributed by atoms with Crippen LogP contribution >= 0.6 is 11.3 Å². The van der Waals surface area contributed by atoms with Crippen LogP contribution < -0.4 is 10.0 Å². The summed E-state index contributed by atoms with van der Waals surface area (Å²) in [6.45, 7) is 3.74. The van der Waals surface area contributed by atoms with Gasteiger partial charge in [0.15, 0.2) is 0 Å². The number of aryl methyl sites for hydroxylation is 2. The molecule has 3 rings (SSSR count). The number of sulfonamides is 1. The van der Waals surface area contributed by atoms with Gasteiger partial charge in [-0.15, -0.1) is 11.3 Å². The number of anilines is 1. The number of carbonyl (C=O) groups excluding carboxylic acids is 1. The van der Waals surface area contributed by atoms with Crippen LogP contribution in [0, 0.1) is 13.8 Å². The number of fused-ring (bicyclic) bond motifs is 1. The molecule has 0 saturated carbocycles. The van der Waals surface area contributed by atoms with Crippen LogP contribution in [0.2, 0.25) is 0 Å². The Hall–Kier alpha value is -2.45. The number of amides is 1. The highest BCUT2D eigenvalue weighted by atomic mass is 32.2. The van der Waals surface area contributed by atoms with Crippen molar-refractivity contribution >= 4 is 43.2 Å². The van der Waals surface area contributed by atoms with Gasteiger partial charge in [-0.1, -0.05) is 18.2 Å². The molecule has 0 fully saturated rings. The average Bonchev–Trinajstić information content (AvgIpc) is 2.92. The van der Waals surface area contributed by atoms with E-state index >= 15 is 0 Å². The van der Waals surface area contributed by atoms with E-state index in [0.717, 1.165) is 10.3 Å². The fourth-order valence-electron chi connectivity index (χ4n) is 2.65. The normalized spacial score (nSPS) is 11.5. The van der Waals surface area contributed by atoms with E-state index in [1.807, 2.05) is 19.1 Å². The Bertz CT molecular complexity index is 1070. The van der Waals surface area contributed by atoms with Crippen LogP contribution in [-0.2, 0) is 10.0 Å². The molecular formula is C17H17N3O3S2. The van der Waals surface area contributed by atoms with E-state index in [1.165, 1.54) is 36.7 Å². The fraction of sp³-hybridized carbons (Fsp3) is 0.176. The van der Waals surface area contributed by atoms with Crippen molar-refractivity contribution in [2.75, 3.05) is 11.8 Å². The molecule has 1 amide bonds. The number of nitrogens with zero attached hydrogens (tertiary/aromatic N) is 1. The first-order valence-electron chi connectivity index (χ1n) is 7.53. The van der Waals surface area contributed by atoms with E-state index < -0.39 is 10.0 Å². The summed E-state index contributed by atoms with van der Waals surface area (Å²) in [4.78, 5) is 16.7. The number of thiophene rings is 1. The lowest BCUT2D eigenvalue weighted by molar-refractivity contribution is 0.0963. The molecule has 0 spiro atoms. The topological polar surface area (TPSA) is 88.2 Å². The van der Waals surface area contributed by atoms with Crippen LogP contribution in [0.25, 0.3) is 10.1 Å². The molecule has 2 N–H and O–H groups in total. The van der Waals surface area contributed by atoms with Crippen molar-refractivity contribution in [1.29, 1.82) is 0 Å². The SMILES string of the molecule is CNC(=O)c1ccnc(NS(=O)(=O)c2c(C)sc3c(C)cccc23)c1. The maximum Gasteiger partial charge on any atom is 0.264 e. The quantitative estimate of drug-likeness (QED) is 0.733. The first kappa shape index (κ1) is 17.4. The summed E-state index contributed by atoms with van der Waals surface area (Å²) in [5, 5.41) is 3.19. The number of hydrogen-bond acceptors (Lipinski definition) is 5. The summed E-state index contributed by atoms with van der Waals surface area (Å²) >= 11 is 1.45. The number of pyridine rings is 1. The minimum atomic E-state index is -3.83. The van der Waals surface area contributed by atoms with E-state index in [4.69, 9.17) is 0 Å². The van der Waals surface area contributed by atoms with Crippen molar-refractivity contribution in [2.45, 2.75) is 18.7 Å². The van der Waals surface area contributed by atoms with Crippen LogP contribution in [0.5, 0.6) is 0 Å². The van der Waals surface area contributed by atoms with Gasteiger partial charge >= 0.3 is 0 Å². The predicted octanol–water partition coefficient (Wildman–Crippen LogP) is 3.07. The second-order valence-electron chi connectivity index (χ2n) is 5.55. The number of benzene rings is 1. The molecule has 0 aliphatic rings. The Kier molecular flexibility index (Phi) is 4.49. The Morgan fingerprint density at radius 2 is 1.96 bits per heavy atom. The van der Waals surface area contributed by atoms with Gasteiger partial charge in [0.2, 0.25) is 0 Å². The zero-order valence-corrected chi connectivity index (χ0v) is 15.6. The lowest BCUT2D eigenvalue weighted by atomic mass is 10.2. The number of hydrogen-bond donors (Lipinski definition) is 2.